The molecule has 0 heterocycles. The maximum Gasteiger partial charge on any atom is 0.251 e. The lowest BCUT2D eigenvalue weighted by Crippen LogP contribution is -2.41. The highest BCUT2D eigenvalue weighted by Gasteiger charge is 2.11. The Bertz CT molecular complexity index is 471. The molecule has 0 saturated carbocycles. The van der Waals surface area contributed by atoms with Gasteiger partial charge in [-0.1, -0.05) is 32.6 Å². The van der Waals surface area contributed by atoms with Gasteiger partial charge >= 0.3 is 0 Å². The second-order valence-corrected chi connectivity index (χ2v) is 5.44. The fourth-order valence-corrected chi connectivity index (χ4v) is 1.96. The summed E-state index contributed by atoms with van der Waals surface area (Å²) in [6.07, 6.45) is 6.03. The molecule has 22 heavy (non-hydrogen) atoms. The van der Waals surface area contributed by atoms with Crippen LogP contribution in [-0.2, 0) is 0 Å². The summed E-state index contributed by atoms with van der Waals surface area (Å²) in [7, 11) is 0. The fourth-order valence-electron chi connectivity index (χ4n) is 1.96. The van der Waals surface area contributed by atoms with E-state index >= 15 is 0 Å². The Hall–Kier alpha value is -2.04. The van der Waals surface area contributed by atoms with E-state index in [4.69, 9.17) is 15.9 Å². The van der Waals surface area contributed by atoms with Crippen LogP contribution >= 0.6 is 0 Å². The molecule has 5 nitrogen and oxygen atoms in total. The van der Waals surface area contributed by atoms with Gasteiger partial charge in [0.15, 0.2) is 0 Å². The van der Waals surface area contributed by atoms with Crippen molar-refractivity contribution < 1.29 is 9.53 Å². The summed E-state index contributed by atoms with van der Waals surface area (Å²) in [6, 6.07) is 6.55. The van der Waals surface area contributed by atoms with Crippen LogP contribution in [0, 0.1) is 5.41 Å². The second kappa shape index (κ2) is 9.82. The molecule has 1 rings (SSSR count). The zero-order valence-corrected chi connectivity index (χ0v) is 13.5. The van der Waals surface area contributed by atoms with Crippen molar-refractivity contribution in [1.82, 2.24) is 5.32 Å². The predicted octanol–water partition coefficient (Wildman–Crippen LogP) is 3.09. The molecule has 1 atom stereocenters. The van der Waals surface area contributed by atoms with Gasteiger partial charge in [0.1, 0.15) is 11.6 Å². The van der Waals surface area contributed by atoms with Gasteiger partial charge in [0.25, 0.3) is 5.91 Å². The van der Waals surface area contributed by atoms with Gasteiger partial charge in [-0.05, 0) is 37.6 Å². The van der Waals surface area contributed by atoms with Gasteiger partial charge in [-0.3, -0.25) is 10.2 Å². The van der Waals surface area contributed by atoms with E-state index in [-0.39, 0.29) is 11.7 Å². The van der Waals surface area contributed by atoms with Crippen LogP contribution in [0.15, 0.2) is 24.3 Å². The number of benzene rings is 1. The summed E-state index contributed by atoms with van der Waals surface area (Å²) in [4.78, 5) is 11.9. The van der Waals surface area contributed by atoms with E-state index in [2.05, 4.69) is 12.2 Å². The Kier molecular flexibility index (Phi) is 8.04. The van der Waals surface area contributed by atoms with Crippen LogP contribution in [0.25, 0.3) is 0 Å². The van der Waals surface area contributed by atoms with Gasteiger partial charge in [0.2, 0.25) is 0 Å². The number of nitrogens with one attached hydrogen (secondary N) is 2. The molecule has 0 aliphatic carbocycles. The number of hydrogen-bond donors (Lipinski definition) is 3. The Labute approximate surface area is 132 Å². The highest BCUT2D eigenvalue weighted by molar-refractivity contribution is 5.97. The molecule has 0 unspecified atom stereocenters. The molecule has 4 N–H and O–H groups in total. The van der Waals surface area contributed by atoms with Crippen LogP contribution in [0.3, 0.4) is 0 Å². The molecule has 0 radical (unpaired) electrons. The van der Waals surface area contributed by atoms with E-state index in [1.807, 2.05) is 0 Å². The molecule has 1 aromatic carbocycles. The molecule has 0 aliphatic heterocycles. The summed E-state index contributed by atoms with van der Waals surface area (Å²) in [5.74, 6) is 0.469. The van der Waals surface area contributed by atoms with Crippen molar-refractivity contribution in [1.29, 1.82) is 5.41 Å². The van der Waals surface area contributed by atoms with Crippen LogP contribution in [0.4, 0.5) is 0 Å². The van der Waals surface area contributed by atoms with Gasteiger partial charge in [-0.25, -0.2) is 0 Å². The van der Waals surface area contributed by atoms with Crippen LogP contribution in [0.5, 0.6) is 5.75 Å². The van der Waals surface area contributed by atoms with Gasteiger partial charge in [-0.15, -0.1) is 0 Å². The normalized spacial score (nSPS) is 11.7. The van der Waals surface area contributed by atoms with E-state index in [1.54, 1.807) is 31.2 Å². The van der Waals surface area contributed by atoms with Crippen LogP contribution in [0.1, 0.15) is 56.3 Å². The number of rotatable bonds is 10. The molecule has 122 valence electrons. The standard InChI is InChI=1S/C17H27N3O2/c1-3-4-5-6-7-12-22-15-10-8-14(9-11-15)17(21)20-13(2)16(18)19/h8-11,13H,3-7,12H2,1-2H3,(H3,18,19)(H,20,21)/t13-/m1/s1. The molecule has 0 aliphatic rings. The largest absolute Gasteiger partial charge is 0.494 e. The minimum atomic E-state index is -0.466. The Morgan fingerprint density at radius 3 is 2.45 bits per heavy atom. The average molecular weight is 305 g/mol. The lowest BCUT2D eigenvalue weighted by atomic mass is 10.1. The Balaban J connectivity index is 2.36. The number of carbonyl (C=O) groups is 1. The maximum absolute atomic E-state index is 11.9. The lowest BCUT2D eigenvalue weighted by molar-refractivity contribution is 0.0949. The van der Waals surface area contributed by atoms with Crippen LogP contribution in [-0.4, -0.2) is 24.4 Å². The summed E-state index contributed by atoms with van der Waals surface area (Å²) in [5, 5.41) is 9.93. The third-order valence-corrected chi connectivity index (χ3v) is 3.45. The molecule has 0 spiro atoms. The maximum atomic E-state index is 11.9. The summed E-state index contributed by atoms with van der Waals surface area (Å²) >= 11 is 0. The first kappa shape index (κ1) is 18.0. The molecule has 0 aromatic heterocycles. The molecule has 0 saturated heterocycles. The number of hydrogen-bond acceptors (Lipinski definition) is 3. The van der Waals surface area contributed by atoms with Crippen molar-refractivity contribution in [3.63, 3.8) is 0 Å². The van der Waals surface area contributed by atoms with E-state index in [0.29, 0.717) is 12.2 Å². The second-order valence-electron chi connectivity index (χ2n) is 5.44. The number of amides is 1. The summed E-state index contributed by atoms with van der Waals surface area (Å²) in [6.45, 7) is 4.58. The first-order valence-electron chi connectivity index (χ1n) is 7.92. The lowest BCUT2D eigenvalue weighted by Gasteiger charge is -2.12. The molecular formula is C17H27N3O2. The van der Waals surface area contributed by atoms with E-state index in [0.717, 1.165) is 12.2 Å². The third-order valence-electron chi connectivity index (χ3n) is 3.45. The van der Waals surface area contributed by atoms with Gasteiger partial charge < -0.3 is 15.8 Å². The van der Waals surface area contributed by atoms with Crippen molar-refractivity contribution in [2.45, 2.75) is 52.0 Å². The van der Waals surface area contributed by atoms with E-state index in [1.165, 1.54) is 25.7 Å². The molecular weight excluding hydrogens is 278 g/mol. The number of carbonyl (C=O) groups excluding carboxylic acids is 1. The zero-order valence-electron chi connectivity index (χ0n) is 13.5. The molecule has 0 fully saturated rings. The van der Waals surface area contributed by atoms with Crippen molar-refractivity contribution >= 4 is 11.7 Å². The topological polar surface area (TPSA) is 88.2 Å². The molecule has 1 aromatic rings. The summed E-state index contributed by atoms with van der Waals surface area (Å²) < 4.78 is 5.65. The van der Waals surface area contributed by atoms with E-state index in [9.17, 15) is 4.79 Å². The first-order valence-corrected chi connectivity index (χ1v) is 7.92. The monoisotopic (exact) mass is 305 g/mol. The molecule has 0 bridgehead atoms. The average Bonchev–Trinajstić information content (AvgIpc) is 2.51. The minimum absolute atomic E-state index is 0.0589. The third kappa shape index (κ3) is 6.61. The first-order chi connectivity index (χ1) is 10.5. The van der Waals surface area contributed by atoms with Crippen molar-refractivity contribution in [3.05, 3.63) is 29.8 Å². The quantitative estimate of drug-likeness (QED) is 0.352. The van der Waals surface area contributed by atoms with Gasteiger partial charge in [-0.2, -0.15) is 0 Å². The highest BCUT2D eigenvalue weighted by atomic mass is 16.5. The predicted molar refractivity (Wildman–Crippen MR) is 89.5 cm³/mol. The number of ether oxygens (including phenoxy) is 1. The SMILES string of the molecule is CCCCCCCOc1ccc(C(=O)N[C@H](C)C(=N)N)cc1. The van der Waals surface area contributed by atoms with E-state index < -0.39 is 6.04 Å². The summed E-state index contributed by atoms with van der Waals surface area (Å²) in [5.41, 5.74) is 5.86. The van der Waals surface area contributed by atoms with Crippen molar-refractivity contribution in [2.75, 3.05) is 6.61 Å². The van der Waals surface area contributed by atoms with Crippen LogP contribution < -0.4 is 15.8 Å². The Morgan fingerprint density at radius 1 is 1.23 bits per heavy atom. The van der Waals surface area contributed by atoms with Crippen LogP contribution in [0.2, 0.25) is 0 Å². The zero-order chi connectivity index (χ0) is 16.4. The van der Waals surface area contributed by atoms with Gasteiger partial charge in [0, 0.05) is 5.56 Å². The van der Waals surface area contributed by atoms with Gasteiger partial charge in [0.05, 0.1) is 12.6 Å². The smallest absolute Gasteiger partial charge is 0.251 e. The number of nitrogens with two attached hydrogens (primary N) is 1. The minimum Gasteiger partial charge on any atom is -0.494 e. The highest BCUT2D eigenvalue weighted by Crippen LogP contribution is 2.13. The molecule has 1 amide bonds. The van der Waals surface area contributed by atoms with Crippen molar-refractivity contribution in [3.8, 4) is 5.75 Å². The Morgan fingerprint density at radius 2 is 1.86 bits per heavy atom. The van der Waals surface area contributed by atoms with Crippen molar-refractivity contribution in [2.24, 2.45) is 5.73 Å². The number of amidine groups is 1. The number of unbranched alkanes of at least 4 members (excludes halogenated alkanes) is 4. The fraction of sp³-hybridized carbons (Fsp3) is 0.529. The molecule has 5 heteroatoms.